The summed E-state index contributed by atoms with van der Waals surface area (Å²) >= 11 is 0. The summed E-state index contributed by atoms with van der Waals surface area (Å²) < 4.78 is 4.60. The molecular formula is C9H18O5. The number of aliphatic carboxylic acids is 1. The summed E-state index contributed by atoms with van der Waals surface area (Å²) in [6.45, 7) is 6.33. The van der Waals surface area contributed by atoms with Crippen LogP contribution in [0, 0.1) is 5.41 Å². The van der Waals surface area contributed by atoms with Crippen LogP contribution in [-0.2, 0) is 9.53 Å². The molecule has 0 fully saturated rings. The molecule has 0 amide bonds. The Bertz CT molecular complexity index is 176. The second-order valence-electron chi connectivity index (χ2n) is 3.28. The predicted molar refractivity (Wildman–Crippen MR) is 51.7 cm³/mol. The Morgan fingerprint density at radius 2 is 2.00 bits per heavy atom. The Hall–Kier alpha value is -0.910. The molecule has 3 N–H and O–H groups in total. The second kappa shape index (κ2) is 7.49. The molecule has 0 radical (unpaired) electrons. The molecule has 5 nitrogen and oxygen atoms in total. The van der Waals surface area contributed by atoms with Crippen molar-refractivity contribution < 1.29 is 24.9 Å². The van der Waals surface area contributed by atoms with Crippen molar-refractivity contribution in [3.63, 3.8) is 0 Å². The van der Waals surface area contributed by atoms with Crippen molar-refractivity contribution in [2.45, 2.75) is 20.1 Å². The van der Waals surface area contributed by atoms with E-state index in [0.717, 1.165) is 6.08 Å². The summed E-state index contributed by atoms with van der Waals surface area (Å²) in [4.78, 5) is 9.25. The highest BCUT2D eigenvalue weighted by Crippen LogP contribution is 2.19. The van der Waals surface area contributed by atoms with Gasteiger partial charge in [-0.05, 0) is 0 Å². The Morgan fingerprint density at radius 3 is 2.07 bits per heavy atom. The first-order chi connectivity index (χ1) is 6.31. The normalized spacial score (nSPS) is 12.4. The summed E-state index contributed by atoms with van der Waals surface area (Å²) in [6.07, 6.45) is -0.0532. The van der Waals surface area contributed by atoms with E-state index in [-0.39, 0.29) is 6.61 Å². The standard InChI is InChI=1S/C6H14O3.C3H4O2/c1-6(2,4-7)5(8)9-3;1-2-3(4)5/h5,7-8H,4H2,1-3H3;2H,1H2,(H,4,5). The number of ether oxygens (including phenoxy) is 1. The fourth-order valence-electron chi connectivity index (χ4n) is 0.397. The Balaban J connectivity index is 0. The van der Waals surface area contributed by atoms with Gasteiger partial charge in [0.05, 0.1) is 6.61 Å². The molecule has 0 saturated carbocycles. The maximum atomic E-state index is 9.25. The van der Waals surface area contributed by atoms with Crippen LogP contribution in [0.2, 0.25) is 0 Å². The maximum absolute atomic E-state index is 9.25. The molecule has 0 aliphatic rings. The lowest BCUT2D eigenvalue weighted by Crippen LogP contribution is -2.33. The first-order valence-corrected chi connectivity index (χ1v) is 3.99. The van der Waals surface area contributed by atoms with E-state index in [9.17, 15) is 4.79 Å². The van der Waals surface area contributed by atoms with Crippen LogP contribution in [0.5, 0.6) is 0 Å². The van der Waals surface area contributed by atoms with Crippen molar-refractivity contribution in [1.82, 2.24) is 0 Å². The summed E-state index contributed by atoms with van der Waals surface area (Å²) in [6, 6.07) is 0. The van der Waals surface area contributed by atoms with Gasteiger partial charge in [-0.2, -0.15) is 0 Å². The Kier molecular flexibility index (Phi) is 8.32. The molecule has 0 aromatic rings. The second-order valence-corrected chi connectivity index (χ2v) is 3.28. The molecule has 0 aromatic heterocycles. The van der Waals surface area contributed by atoms with Gasteiger partial charge in [-0.1, -0.05) is 20.4 Å². The van der Waals surface area contributed by atoms with E-state index < -0.39 is 17.7 Å². The van der Waals surface area contributed by atoms with E-state index >= 15 is 0 Å². The van der Waals surface area contributed by atoms with Crippen molar-refractivity contribution in [3.05, 3.63) is 12.7 Å². The van der Waals surface area contributed by atoms with Gasteiger partial charge in [-0.25, -0.2) is 4.79 Å². The molecule has 0 rings (SSSR count). The molecule has 0 aliphatic carbocycles. The highest BCUT2D eigenvalue weighted by Gasteiger charge is 2.26. The van der Waals surface area contributed by atoms with Gasteiger partial charge in [-0.3, -0.25) is 0 Å². The molecule has 0 aliphatic heterocycles. The first-order valence-electron chi connectivity index (χ1n) is 3.99. The van der Waals surface area contributed by atoms with Crippen molar-refractivity contribution in [2.24, 2.45) is 5.41 Å². The zero-order valence-electron chi connectivity index (χ0n) is 8.73. The Morgan fingerprint density at radius 1 is 1.64 bits per heavy atom. The van der Waals surface area contributed by atoms with Gasteiger partial charge in [0.15, 0.2) is 6.29 Å². The third kappa shape index (κ3) is 7.72. The van der Waals surface area contributed by atoms with Crippen molar-refractivity contribution in [1.29, 1.82) is 0 Å². The molecular weight excluding hydrogens is 188 g/mol. The lowest BCUT2D eigenvalue weighted by atomic mass is 9.94. The van der Waals surface area contributed by atoms with Crippen LogP contribution in [0.25, 0.3) is 0 Å². The molecule has 0 aromatic carbocycles. The first kappa shape index (κ1) is 15.6. The van der Waals surface area contributed by atoms with Gasteiger partial charge in [-0.15, -0.1) is 0 Å². The molecule has 0 heterocycles. The van der Waals surface area contributed by atoms with E-state index in [0.29, 0.717) is 0 Å². The van der Waals surface area contributed by atoms with Crippen LogP contribution >= 0.6 is 0 Å². The van der Waals surface area contributed by atoms with Gasteiger partial charge in [0.2, 0.25) is 0 Å². The Labute approximate surface area is 83.6 Å². The summed E-state index contributed by atoms with van der Waals surface area (Å²) in [5.74, 6) is -0.981. The highest BCUT2D eigenvalue weighted by molar-refractivity contribution is 5.78. The largest absolute Gasteiger partial charge is 0.478 e. The molecule has 14 heavy (non-hydrogen) atoms. The summed E-state index contributed by atoms with van der Waals surface area (Å²) in [5.41, 5.74) is -0.561. The molecule has 0 saturated heterocycles. The van der Waals surface area contributed by atoms with Crippen molar-refractivity contribution in [3.8, 4) is 0 Å². The van der Waals surface area contributed by atoms with Gasteiger partial charge in [0.25, 0.3) is 0 Å². The van der Waals surface area contributed by atoms with Crippen LogP contribution in [0.1, 0.15) is 13.8 Å². The number of hydrogen-bond acceptors (Lipinski definition) is 4. The number of aliphatic hydroxyl groups is 2. The smallest absolute Gasteiger partial charge is 0.327 e. The number of methoxy groups -OCH3 is 1. The quantitative estimate of drug-likeness (QED) is 0.452. The number of hydrogen-bond donors (Lipinski definition) is 3. The molecule has 0 spiro atoms. The fourth-order valence-corrected chi connectivity index (χ4v) is 0.397. The zero-order valence-corrected chi connectivity index (χ0v) is 8.73. The molecule has 84 valence electrons. The third-order valence-corrected chi connectivity index (χ3v) is 1.47. The van der Waals surface area contributed by atoms with E-state index in [1.807, 2.05) is 0 Å². The maximum Gasteiger partial charge on any atom is 0.327 e. The number of aliphatic hydroxyl groups excluding tert-OH is 2. The van der Waals surface area contributed by atoms with Gasteiger partial charge in [0.1, 0.15) is 0 Å². The summed E-state index contributed by atoms with van der Waals surface area (Å²) in [5, 5.41) is 25.3. The van der Waals surface area contributed by atoms with E-state index in [2.05, 4.69) is 11.3 Å². The van der Waals surface area contributed by atoms with Crippen molar-refractivity contribution in [2.75, 3.05) is 13.7 Å². The van der Waals surface area contributed by atoms with E-state index in [1.54, 1.807) is 13.8 Å². The molecule has 0 bridgehead atoms. The fraction of sp³-hybridized carbons (Fsp3) is 0.667. The minimum Gasteiger partial charge on any atom is -0.478 e. The number of carboxylic acid groups (broad SMARTS) is 1. The van der Waals surface area contributed by atoms with Crippen LogP contribution in [-0.4, -0.2) is 41.3 Å². The van der Waals surface area contributed by atoms with E-state index in [4.69, 9.17) is 15.3 Å². The predicted octanol–water partition coefficient (Wildman–Crippen LogP) is 0.227. The average Bonchev–Trinajstić information content (AvgIpc) is 2.17. The molecule has 1 unspecified atom stereocenters. The van der Waals surface area contributed by atoms with Crippen LogP contribution < -0.4 is 0 Å². The topological polar surface area (TPSA) is 87.0 Å². The minimum atomic E-state index is -0.981. The van der Waals surface area contributed by atoms with Gasteiger partial charge < -0.3 is 20.1 Å². The lowest BCUT2D eigenvalue weighted by Gasteiger charge is -2.26. The zero-order chi connectivity index (χ0) is 11.8. The van der Waals surface area contributed by atoms with E-state index in [1.165, 1.54) is 7.11 Å². The van der Waals surface area contributed by atoms with Gasteiger partial charge in [0, 0.05) is 18.6 Å². The van der Waals surface area contributed by atoms with Crippen LogP contribution in [0.3, 0.4) is 0 Å². The SMILES string of the molecule is C=CC(=O)O.COC(O)C(C)(C)CO. The number of carboxylic acids is 1. The van der Waals surface area contributed by atoms with Crippen molar-refractivity contribution >= 4 is 5.97 Å². The lowest BCUT2D eigenvalue weighted by molar-refractivity contribution is -0.158. The molecule has 5 heteroatoms. The average molecular weight is 206 g/mol. The summed E-state index contributed by atoms with van der Waals surface area (Å²) in [7, 11) is 1.40. The monoisotopic (exact) mass is 206 g/mol. The minimum absolute atomic E-state index is 0.0813. The van der Waals surface area contributed by atoms with Crippen LogP contribution in [0.15, 0.2) is 12.7 Å². The third-order valence-electron chi connectivity index (χ3n) is 1.47. The molecule has 1 atom stereocenters. The number of carbonyl (C=O) groups is 1. The van der Waals surface area contributed by atoms with Gasteiger partial charge >= 0.3 is 5.97 Å². The van der Waals surface area contributed by atoms with Crippen LogP contribution in [0.4, 0.5) is 0 Å². The highest BCUT2D eigenvalue weighted by atomic mass is 16.6. The number of rotatable bonds is 4.